The van der Waals surface area contributed by atoms with Crippen molar-refractivity contribution >= 4 is 21.5 Å². The largest absolute Gasteiger partial charge is 0.507 e. The van der Waals surface area contributed by atoms with E-state index in [0.717, 1.165) is 32.7 Å². The maximum Gasteiger partial charge on any atom is 0.124 e. The first-order valence-electron chi connectivity index (χ1n) is 9.25. The number of phenolic OH excluding ortho intramolecular Hbond substituents is 2. The molecular weight excluding hydrogens is 344 g/mol. The second kappa shape index (κ2) is 6.43. The van der Waals surface area contributed by atoms with Gasteiger partial charge in [-0.1, -0.05) is 84.9 Å². The monoisotopic (exact) mass is 362 g/mol. The van der Waals surface area contributed by atoms with Crippen LogP contribution in [0.15, 0.2) is 97.1 Å². The molecule has 0 saturated carbocycles. The molecule has 0 unspecified atom stereocenters. The summed E-state index contributed by atoms with van der Waals surface area (Å²) in [7, 11) is 0. The number of hydrogen-bond acceptors (Lipinski definition) is 2. The van der Waals surface area contributed by atoms with Crippen LogP contribution in [0.1, 0.15) is 0 Å². The van der Waals surface area contributed by atoms with E-state index in [9.17, 15) is 10.2 Å². The molecule has 2 heteroatoms. The fraction of sp³-hybridized carbons (Fsp3) is 0. The molecule has 5 aromatic rings. The maximum atomic E-state index is 10.9. The first-order chi connectivity index (χ1) is 13.7. The highest BCUT2D eigenvalue weighted by Crippen LogP contribution is 2.47. The third kappa shape index (κ3) is 2.50. The molecule has 0 bridgehead atoms. The minimum Gasteiger partial charge on any atom is -0.507 e. The van der Waals surface area contributed by atoms with Gasteiger partial charge in [0.25, 0.3) is 0 Å². The number of aromatic hydroxyl groups is 2. The molecule has 0 atom stereocenters. The Hall–Kier alpha value is -3.78. The van der Waals surface area contributed by atoms with Gasteiger partial charge in [-0.2, -0.15) is 0 Å². The molecule has 0 aliphatic rings. The predicted molar refractivity (Wildman–Crippen MR) is 116 cm³/mol. The van der Waals surface area contributed by atoms with Gasteiger partial charge in [-0.05, 0) is 44.8 Å². The van der Waals surface area contributed by atoms with Gasteiger partial charge >= 0.3 is 0 Å². The third-order valence-corrected chi connectivity index (χ3v) is 5.28. The summed E-state index contributed by atoms with van der Waals surface area (Å²) in [6.07, 6.45) is 0. The SMILES string of the molecule is Oc1ccc(O)c(-c2cccc3ccccc23)c1-c1cccc2ccccc12. The van der Waals surface area contributed by atoms with Crippen LogP contribution in [-0.2, 0) is 0 Å². The molecule has 2 N–H and O–H groups in total. The zero-order valence-electron chi connectivity index (χ0n) is 15.1. The predicted octanol–water partition coefficient (Wildman–Crippen LogP) is 6.74. The average molecular weight is 362 g/mol. The fourth-order valence-corrected chi connectivity index (χ4v) is 4.01. The lowest BCUT2D eigenvalue weighted by atomic mass is 9.88. The van der Waals surface area contributed by atoms with Crippen molar-refractivity contribution in [3.8, 4) is 33.8 Å². The first kappa shape index (κ1) is 16.4. The van der Waals surface area contributed by atoms with E-state index < -0.39 is 0 Å². The molecule has 5 rings (SSSR count). The van der Waals surface area contributed by atoms with Gasteiger partial charge in [-0.15, -0.1) is 0 Å². The Bertz CT molecular complexity index is 1220. The van der Waals surface area contributed by atoms with E-state index in [4.69, 9.17) is 0 Å². The Labute approximate surface area is 162 Å². The lowest BCUT2D eigenvalue weighted by Gasteiger charge is -2.17. The summed E-state index contributed by atoms with van der Waals surface area (Å²) < 4.78 is 0. The normalized spacial score (nSPS) is 11.1. The summed E-state index contributed by atoms with van der Waals surface area (Å²) in [6.45, 7) is 0. The highest BCUT2D eigenvalue weighted by molar-refractivity contribution is 6.07. The first-order valence-corrected chi connectivity index (χ1v) is 9.25. The lowest BCUT2D eigenvalue weighted by molar-refractivity contribution is 0.463. The van der Waals surface area contributed by atoms with Crippen molar-refractivity contribution in [1.29, 1.82) is 0 Å². The van der Waals surface area contributed by atoms with E-state index in [2.05, 4.69) is 24.3 Å². The van der Waals surface area contributed by atoms with Gasteiger partial charge in [0.05, 0.1) is 0 Å². The minimum atomic E-state index is 0.150. The fourth-order valence-electron chi connectivity index (χ4n) is 4.01. The molecule has 0 spiro atoms. The third-order valence-electron chi connectivity index (χ3n) is 5.28. The smallest absolute Gasteiger partial charge is 0.124 e. The number of benzene rings is 5. The Morgan fingerprint density at radius 3 is 1.25 bits per heavy atom. The van der Waals surface area contributed by atoms with Crippen molar-refractivity contribution in [2.75, 3.05) is 0 Å². The van der Waals surface area contributed by atoms with Crippen LogP contribution in [-0.4, -0.2) is 10.2 Å². The highest BCUT2D eigenvalue weighted by atomic mass is 16.3. The lowest BCUT2D eigenvalue weighted by Crippen LogP contribution is -1.90. The molecule has 0 heterocycles. The van der Waals surface area contributed by atoms with Gasteiger partial charge in [-0.3, -0.25) is 0 Å². The van der Waals surface area contributed by atoms with Crippen molar-refractivity contribution in [2.45, 2.75) is 0 Å². The van der Waals surface area contributed by atoms with Crippen molar-refractivity contribution < 1.29 is 10.2 Å². The molecule has 0 aliphatic heterocycles. The zero-order valence-corrected chi connectivity index (χ0v) is 15.1. The van der Waals surface area contributed by atoms with E-state index in [-0.39, 0.29) is 11.5 Å². The van der Waals surface area contributed by atoms with Crippen molar-refractivity contribution in [2.24, 2.45) is 0 Å². The van der Waals surface area contributed by atoms with Crippen LogP contribution < -0.4 is 0 Å². The van der Waals surface area contributed by atoms with Crippen LogP contribution >= 0.6 is 0 Å². The van der Waals surface area contributed by atoms with Crippen LogP contribution in [0.25, 0.3) is 43.8 Å². The number of hydrogen-bond donors (Lipinski definition) is 2. The van der Waals surface area contributed by atoms with E-state index in [1.54, 1.807) is 12.1 Å². The Kier molecular flexibility index (Phi) is 3.77. The minimum absolute atomic E-state index is 0.150. The van der Waals surface area contributed by atoms with Gasteiger partial charge in [0.2, 0.25) is 0 Å². The highest BCUT2D eigenvalue weighted by Gasteiger charge is 2.19. The molecule has 0 saturated heterocycles. The maximum absolute atomic E-state index is 10.9. The number of rotatable bonds is 2. The molecule has 134 valence electrons. The van der Waals surface area contributed by atoms with Crippen molar-refractivity contribution in [1.82, 2.24) is 0 Å². The van der Waals surface area contributed by atoms with Crippen molar-refractivity contribution in [3.63, 3.8) is 0 Å². The molecular formula is C26H18O2. The topological polar surface area (TPSA) is 40.5 Å². The standard InChI is InChI=1S/C26H18O2/c27-23-15-16-24(28)26(22-14-6-10-18-8-2-4-12-20(18)22)25(23)21-13-5-9-17-7-1-3-11-19(17)21/h1-16,27-28H. The quantitative estimate of drug-likeness (QED) is 0.341. The Balaban J connectivity index is 1.92. The Morgan fingerprint density at radius 2 is 0.786 bits per heavy atom. The number of phenols is 2. The molecule has 28 heavy (non-hydrogen) atoms. The summed E-state index contributed by atoms with van der Waals surface area (Å²) >= 11 is 0. The summed E-state index contributed by atoms with van der Waals surface area (Å²) in [6, 6.07) is 31.3. The number of fused-ring (bicyclic) bond motifs is 2. The molecule has 0 amide bonds. The molecule has 0 fully saturated rings. The van der Waals surface area contributed by atoms with Gasteiger partial charge in [-0.25, -0.2) is 0 Å². The molecule has 0 radical (unpaired) electrons. The molecule has 0 aromatic heterocycles. The second-order valence-corrected chi connectivity index (χ2v) is 6.91. The van der Waals surface area contributed by atoms with Crippen LogP contribution in [0.4, 0.5) is 0 Å². The molecule has 0 aliphatic carbocycles. The van der Waals surface area contributed by atoms with Crippen molar-refractivity contribution in [3.05, 3.63) is 97.1 Å². The van der Waals surface area contributed by atoms with E-state index in [1.165, 1.54) is 0 Å². The Morgan fingerprint density at radius 1 is 0.393 bits per heavy atom. The summed E-state index contributed by atoms with van der Waals surface area (Å²) in [5, 5.41) is 26.0. The average Bonchev–Trinajstić information content (AvgIpc) is 2.74. The summed E-state index contributed by atoms with van der Waals surface area (Å²) in [5.41, 5.74) is 3.09. The van der Waals surface area contributed by atoms with Gasteiger partial charge in [0.15, 0.2) is 0 Å². The van der Waals surface area contributed by atoms with E-state index >= 15 is 0 Å². The molecule has 2 nitrogen and oxygen atoms in total. The molecule has 5 aromatic carbocycles. The zero-order chi connectivity index (χ0) is 19.1. The van der Waals surface area contributed by atoms with E-state index in [0.29, 0.717) is 11.1 Å². The van der Waals surface area contributed by atoms with E-state index in [1.807, 2.05) is 60.7 Å². The van der Waals surface area contributed by atoms with Crippen LogP contribution in [0.2, 0.25) is 0 Å². The van der Waals surface area contributed by atoms with Crippen LogP contribution in [0.3, 0.4) is 0 Å². The summed E-state index contributed by atoms with van der Waals surface area (Å²) in [4.78, 5) is 0. The van der Waals surface area contributed by atoms with Gasteiger partial charge in [0, 0.05) is 11.1 Å². The second-order valence-electron chi connectivity index (χ2n) is 6.91. The van der Waals surface area contributed by atoms with Crippen LogP contribution in [0, 0.1) is 0 Å². The van der Waals surface area contributed by atoms with Gasteiger partial charge < -0.3 is 10.2 Å². The van der Waals surface area contributed by atoms with Gasteiger partial charge in [0.1, 0.15) is 11.5 Å². The van der Waals surface area contributed by atoms with Crippen LogP contribution in [0.5, 0.6) is 11.5 Å². The summed E-state index contributed by atoms with van der Waals surface area (Å²) in [5.74, 6) is 0.300.